The molecule has 1 N–H and O–H groups in total. The largest absolute Gasteiger partial charge is 0.352 e. The molecule has 21 heavy (non-hydrogen) atoms. The number of thioether (sulfide) groups is 1. The molecule has 5 heteroatoms. The Kier molecular flexibility index (Phi) is 3.28. The summed E-state index contributed by atoms with van der Waals surface area (Å²) in [7, 11) is 0. The van der Waals surface area contributed by atoms with Crippen LogP contribution in [0.2, 0.25) is 0 Å². The van der Waals surface area contributed by atoms with Crippen LogP contribution in [0.1, 0.15) is 49.0 Å². The first-order chi connectivity index (χ1) is 9.83. The number of carbonyl (C=O) groups excluding carboxylic acids is 2. The van der Waals surface area contributed by atoms with Gasteiger partial charge < -0.3 is 10.2 Å². The SMILES string of the molecule is CC(C)NC(=O)C1N2C(=O)c3ccccc3C2SC1(C)C. The van der Waals surface area contributed by atoms with Crippen molar-refractivity contribution < 1.29 is 9.59 Å². The summed E-state index contributed by atoms with van der Waals surface area (Å²) in [6.07, 6.45) is 0. The van der Waals surface area contributed by atoms with Crippen molar-refractivity contribution >= 4 is 23.6 Å². The molecule has 1 aromatic carbocycles. The molecule has 0 bridgehead atoms. The van der Waals surface area contributed by atoms with Crippen LogP contribution in [-0.2, 0) is 4.79 Å². The number of hydrogen-bond donors (Lipinski definition) is 1. The van der Waals surface area contributed by atoms with E-state index >= 15 is 0 Å². The maximum Gasteiger partial charge on any atom is 0.256 e. The van der Waals surface area contributed by atoms with E-state index < -0.39 is 6.04 Å². The number of amides is 2. The predicted octanol–water partition coefficient (Wildman–Crippen LogP) is 2.56. The lowest BCUT2D eigenvalue weighted by Gasteiger charge is -2.30. The second kappa shape index (κ2) is 4.77. The molecule has 0 aliphatic carbocycles. The second-order valence-electron chi connectivity index (χ2n) is 6.44. The first-order valence-electron chi connectivity index (χ1n) is 7.22. The van der Waals surface area contributed by atoms with E-state index in [0.717, 1.165) is 11.1 Å². The highest BCUT2D eigenvalue weighted by atomic mass is 32.2. The molecular formula is C16H20N2O2S. The predicted molar refractivity (Wildman–Crippen MR) is 84.1 cm³/mol. The first kappa shape index (κ1) is 14.4. The average molecular weight is 304 g/mol. The van der Waals surface area contributed by atoms with Crippen molar-refractivity contribution in [1.29, 1.82) is 0 Å². The summed E-state index contributed by atoms with van der Waals surface area (Å²) in [5.41, 5.74) is 1.76. The number of benzene rings is 1. The number of nitrogens with one attached hydrogen (secondary N) is 1. The molecule has 2 unspecified atom stereocenters. The van der Waals surface area contributed by atoms with Crippen LogP contribution in [0.25, 0.3) is 0 Å². The summed E-state index contributed by atoms with van der Waals surface area (Å²) in [6, 6.07) is 7.29. The third-order valence-electron chi connectivity index (χ3n) is 3.98. The van der Waals surface area contributed by atoms with Gasteiger partial charge in [0.2, 0.25) is 5.91 Å². The Balaban J connectivity index is 2.00. The molecule has 2 aliphatic heterocycles. The van der Waals surface area contributed by atoms with Crippen molar-refractivity contribution in [2.45, 2.75) is 49.9 Å². The van der Waals surface area contributed by atoms with Gasteiger partial charge in [-0.3, -0.25) is 9.59 Å². The maximum atomic E-state index is 12.7. The smallest absolute Gasteiger partial charge is 0.256 e. The van der Waals surface area contributed by atoms with Crippen molar-refractivity contribution in [2.75, 3.05) is 0 Å². The van der Waals surface area contributed by atoms with Gasteiger partial charge in [-0.2, -0.15) is 0 Å². The van der Waals surface area contributed by atoms with Gasteiger partial charge in [0.05, 0.1) is 0 Å². The Hall–Kier alpha value is -1.49. The molecule has 0 saturated carbocycles. The minimum absolute atomic E-state index is 0.0300. The molecule has 112 valence electrons. The molecule has 4 nitrogen and oxygen atoms in total. The van der Waals surface area contributed by atoms with Crippen LogP contribution in [0.5, 0.6) is 0 Å². The molecular weight excluding hydrogens is 284 g/mol. The van der Waals surface area contributed by atoms with Gasteiger partial charge in [-0.05, 0) is 39.3 Å². The molecule has 2 amide bonds. The number of fused-ring (bicyclic) bond motifs is 3. The van der Waals surface area contributed by atoms with Gasteiger partial charge in [-0.25, -0.2) is 0 Å². The van der Waals surface area contributed by atoms with E-state index in [1.165, 1.54) is 0 Å². The summed E-state index contributed by atoms with van der Waals surface area (Å²) in [6.45, 7) is 7.95. The summed E-state index contributed by atoms with van der Waals surface area (Å²) in [5.74, 6) is -0.0938. The molecule has 0 radical (unpaired) electrons. The zero-order chi connectivity index (χ0) is 15.4. The van der Waals surface area contributed by atoms with Crippen molar-refractivity contribution in [3.8, 4) is 0 Å². The number of carbonyl (C=O) groups is 2. The molecule has 1 saturated heterocycles. The monoisotopic (exact) mass is 304 g/mol. The van der Waals surface area contributed by atoms with Gasteiger partial charge in [-0.1, -0.05) is 18.2 Å². The fourth-order valence-electron chi connectivity index (χ4n) is 3.17. The summed E-state index contributed by atoms with van der Waals surface area (Å²) < 4.78 is -0.299. The van der Waals surface area contributed by atoms with E-state index in [0.29, 0.717) is 0 Å². The van der Waals surface area contributed by atoms with Crippen molar-refractivity contribution in [1.82, 2.24) is 10.2 Å². The number of hydrogen-bond acceptors (Lipinski definition) is 3. The summed E-state index contributed by atoms with van der Waals surface area (Å²) in [5, 5.41) is 2.90. The Labute approximate surface area is 129 Å². The summed E-state index contributed by atoms with van der Waals surface area (Å²) in [4.78, 5) is 27.0. The molecule has 2 heterocycles. The third kappa shape index (κ3) is 2.14. The van der Waals surface area contributed by atoms with Gasteiger partial charge >= 0.3 is 0 Å². The number of rotatable bonds is 2. The van der Waals surface area contributed by atoms with E-state index in [1.807, 2.05) is 52.0 Å². The Morgan fingerprint density at radius 3 is 2.67 bits per heavy atom. The van der Waals surface area contributed by atoms with Gasteiger partial charge in [0.25, 0.3) is 5.91 Å². The van der Waals surface area contributed by atoms with Crippen LogP contribution in [0, 0.1) is 0 Å². The fourth-order valence-corrected chi connectivity index (χ4v) is 4.76. The minimum Gasteiger partial charge on any atom is -0.352 e. The fraction of sp³-hybridized carbons (Fsp3) is 0.500. The van der Waals surface area contributed by atoms with E-state index in [9.17, 15) is 9.59 Å². The standard InChI is InChI=1S/C16H20N2O2S/c1-9(2)17-13(19)12-16(3,4)21-15-11-8-6-5-7-10(11)14(20)18(12)15/h5-9,12,15H,1-4H3,(H,17,19). The van der Waals surface area contributed by atoms with Crippen LogP contribution < -0.4 is 5.32 Å². The van der Waals surface area contributed by atoms with E-state index in [1.54, 1.807) is 16.7 Å². The highest BCUT2D eigenvalue weighted by Crippen LogP contribution is 2.56. The van der Waals surface area contributed by atoms with Crippen molar-refractivity contribution in [3.63, 3.8) is 0 Å². The lowest BCUT2D eigenvalue weighted by atomic mass is 10.0. The van der Waals surface area contributed by atoms with Crippen molar-refractivity contribution in [3.05, 3.63) is 35.4 Å². The number of nitrogens with zero attached hydrogens (tertiary/aromatic N) is 1. The zero-order valence-corrected chi connectivity index (χ0v) is 13.5. The Bertz CT molecular complexity index is 612. The average Bonchev–Trinajstić information content (AvgIpc) is 2.81. The molecule has 2 aliphatic rings. The van der Waals surface area contributed by atoms with Crippen LogP contribution in [0.15, 0.2) is 24.3 Å². The lowest BCUT2D eigenvalue weighted by molar-refractivity contribution is -0.126. The van der Waals surface area contributed by atoms with Crippen LogP contribution in [0.4, 0.5) is 0 Å². The van der Waals surface area contributed by atoms with Crippen LogP contribution in [0.3, 0.4) is 0 Å². The molecule has 0 aromatic heterocycles. The Morgan fingerprint density at radius 1 is 1.33 bits per heavy atom. The quantitative estimate of drug-likeness (QED) is 0.913. The zero-order valence-electron chi connectivity index (χ0n) is 12.7. The normalized spacial score (nSPS) is 26.0. The molecule has 2 atom stereocenters. The molecule has 1 fully saturated rings. The minimum atomic E-state index is -0.435. The summed E-state index contributed by atoms with van der Waals surface area (Å²) >= 11 is 1.69. The molecule has 3 rings (SSSR count). The second-order valence-corrected chi connectivity index (χ2v) is 8.17. The highest BCUT2D eigenvalue weighted by Gasteiger charge is 2.57. The van der Waals surface area contributed by atoms with Gasteiger partial charge in [-0.15, -0.1) is 11.8 Å². The van der Waals surface area contributed by atoms with Crippen LogP contribution >= 0.6 is 11.8 Å². The van der Waals surface area contributed by atoms with Gasteiger partial charge in [0.1, 0.15) is 11.4 Å². The Morgan fingerprint density at radius 2 is 2.00 bits per heavy atom. The van der Waals surface area contributed by atoms with Crippen molar-refractivity contribution in [2.24, 2.45) is 0 Å². The van der Waals surface area contributed by atoms with E-state index in [2.05, 4.69) is 5.32 Å². The lowest BCUT2D eigenvalue weighted by Crippen LogP contribution is -2.53. The first-order valence-corrected chi connectivity index (χ1v) is 8.10. The van der Waals surface area contributed by atoms with E-state index in [-0.39, 0.29) is 28.0 Å². The molecule has 0 spiro atoms. The van der Waals surface area contributed by atoms with Crippen LogP contribution in [-0.4, -0.2) is 33.5 Å². The van der Waals surface area contributed by atoms with E-state index in [4.69, 9.17) is 0 Å². The highest BCUT2D eigenvalue weighted by molar-refractivity contribution is 8.01. The third-order valence-corrected chi connectivity index (χ3v) is 5.51. The van der Waals surface area contributed by atoms with Gasteiger partial charge in [0, 0.05) is 16.4 Å². The molecule has 1 aromatic rings. The topological polar surface area (TPSA) is 49.4 Å². The maximum absolute atomic E-state index is 12.7. The van der Waals surface area contributed by atoms with Gasteiger partial charge in [0.15, 0.2) is 0 Å².